The van der Waals surface area contributed by atoms with E-state index in [9.17, 15) is 18.0 Å². The molecule has 2 heterocycles. The van der Waals surface area contributed by atoms with Crippen molar-refractivity contribution >= 4 is 23.6 Å². The predicted octanol–water partition coefficient (Wildman–Crippen LogP) is 2.98. The number of carbonyl (C=O) groups excluding carboxylic acids is 1. The molecule has 0 atom stereocenters. The van der Waals surface area contributed by atoms with Crippen molar-refractivity contribution in [2.24, 2.45) is 0 Å². The number of hydrogen-bond acceptors (Lipinski definition) is 5. The Bertz CT molecular complexity index is 904. The normalized spacial score (nSPS) is 11.5. The fraction of sp³-hybridized carbons (Fsp3) is 0.143. The molecule has 0 bridgehead atoms. The number of hydrogen-bond donors (Lipinski definition) is 2. The third-order valence-electron chi connectivity index (χ3n) is 3.16. The number of carbonyl (C=O) groups is 1. The van der Waals surface area contributed by atoms with Gasteiger partial charge in [-0.3, -0.25) is 19.8 Å². The first kappa shape index (κ1) is 17.0. The zero-order chi connectivity index (χ0) is 18.0. The smallest absolute Gasteiger partial charge is 0.295 e. The van der Waals surface area contributed by atoms with Crippen LogP contribution in [0.4, 0.5) is 19.1 Å². The summed E-state index contributed by atoms with van der Waals surface area (Å²) in [6.07, 6.45) is 0.584. The minimum Gasteiger partial charge on any atom is -0.295 e. The summed E-state index contributed by atoms with van der Waals surface area (Å²) >= 11 is 1.44. The molecule has 25 heavy (non-hydrogen) atoms. The molecule has 2 aromatic heterocycles. The van der Waals surface area contributed by atoms with Crippen LogP contribution in [0, 0.1) is 0 Å². The molecule has 7 nitrogen and oxygen atoms in total. The molecule has 0 fully saturated rings. The lowest BCUT2D eigenvalue weighted by Crippen LogP contribution is -2.14. The number of alkyl halides is 3. The summed E-state index contributed by atoms with van der Waals surface area (Å²) in [5.74, 6) is -2.35. The topological polar surface area (TPSA) is 88.5 Å². The molecule has 1 amide bonds. The minimum absolute atomic E-state index is 0.247. The third-order valence-corrected chi connectivity index (χ3v) is 3.82. The van der Waals surface area contributed by atoms with E-state index in [0.29, 0.717) is 5.69 Å². The van der Waals surface area contributed by atoms with Crippen LogP contribution < -0.4 is 5.32 Å². The summed E-state index contributed by atoms with van der Waals surface area (Å²) in [6, 6.07) is 6.57. The number of aromatic nitrogens is 5. The van der Waals surface area contributed by atoms with Gasteiger partial charge in [-0.05, 0) is 24.5 Å². The van der Waals surface area contributed by atoms with Crippen LogP contribution in [0.1, 0.15) is 16.2 Å². The summed E-state index contributed by atoms with van der Waals surface area (Å²) in [5.41, 5.74) is 0.942. The SMILES string of the molecule is CSc1nccn1-c1cccc(C(=O)Nc2n[nH]c(C(F)(F)F)n2)c1. The summed E-state index contributed by atoms with van der Waals surface area (Å²) in [7, 11) is 0. The molecule has 0 aliphatic carbocycles. The first-order valence-electron chi connectivity index (χ1n) is 6.87. The van der Waals surface area contributed by atoms with E-state index in [0.717, 1.165) is 5.16 Å². The van der Waals surface area contributed by atoms with E-state index in [2.05, 4.69) is 20.4 Å². The van der Waals surface area contributed by atoms with E-state index in [1.54, 1.807) is 40.3 Å². The summed E-state index contributed by atoms with van der Waals surface area (Å²) in [6.45, 7) is 0. The lowest BCUT2D eigenvalue weighted by atomic mass is 10.2. The second-order valence-corrected chi connectivity index (χ2v) is 5.57. The molecular formula is C14H11F3N6OS. The fourth-order valence-electron chi connectivity index (χ4n) is 2.05. The van der Waals surface area contributed by atoms with Gasteiger partial charge in [0.2, 0.25) is 11.8 Å². The molecule has 0 saturated heterocycles. The number of rotatable bonds is 4. The Balaban J connectivity index is 1.81. The fourth-order valence-corrected chi connectivity index (χ4v) is 2.58. The average molecular weight is 368 g/mol. The van der Waals surface area contributed by atoms with Crippen LogP contribution in [0.25, 0.3) is 5.69 Å². The molecule has 3 aromatic rings. The number of thioether (sulfide) groups is 1. The molecule has 0 spiro atoms. The molecular weight excluding hydrogens is 357 g/mol. The minimum atomic E-state index is -4.66. The third kappa shape index (κ3) is 3.65. The molecule has 130 valence electrons. The predicted molar refractivity (Wildman–Crippen MR) is 84.7 cm³/mol. The van der Waals surface area contributed by atoms with Crippen LogP contribution >= 0.6 is 11.8 Å². The Morgan fingerprint density at radius 3 is 2.84 bits per heavy atom. The van der Waals surface area contributed by atoms with Gasteiger partial charge in [0.15, 0.2) is 5.16 Å². The number of imidazole rings is 1. The summed E-state index contributed by atoms with van der Waals surface area (Å²) in [5, 5.41) is 8.04. The van der Waals surface area contributed by atoms with Gasteiger partial charge >= 0.3 is 6.18 Å². The number of amides is 1. The Morgan fingerprint density at radius 1 is 1.36 bits per heavy atom. The van der Waals surface area contributed by atoms with E-state index >= 15 is 0 Å². The van der Waals surface area contributed by atoms with E-state index in [1.807, 2.05) is 6.26 Å². The van der Waals surface area contributed by atoms with Gasteiger partial charge in [-0.2, -0.15) is 18.2 Å². The van der Waals surface area contributed by atoms with Gasteiger partial charge < -0.3 is 0 Å². The van der Waals surface area contributed by atoms with E-state index < -0.39 is 23.9 Å². The number of H-pyrrole nitrogens is 1. The van der Waals surface area contributed by atoms with Crippen molar-refractivity contribution < 1.29 is 18.0 Å². The van der Waals surface area contributed by atoms with Gasteiger partial charge in [0.05, 0.1) is 0 Å². The molecule has 0 radical (unpaired) electrons. The van der Waals surface area contributed by atoms with Crippen molar-refractivity contribution in [2.45, 2.75) is 11.3 Å². The molecule has 1 aromatic carbocycles. The van der Waals surface area contributed by atoms with E-state index in [4.69, 9.17) is 0 Å². The second kappa shape index (κ2) is 6.59. The molecule has 0 aliphatic heterocycles. The highest BCUT2D eigenvalue weighted by Crippen LogP contribution is 2.26. The first-order valence-corrected chi connectivity index (χ1v) is 8.09. The van der Waals surface area contributed by atoms with Crippen molar-refractivity contribution in [3.05, 3.63) is 48.0 Å². The zero-order valence-electron chi connectivity index (χ0n) is 12.7. The molecule has 0 saturated carbocycles. The van der Waals surface area contributed by atoms with E-state index in [-0.39, 0.29) is 5.56 Å². The molecule has 2 N–H and O–H groups in total. The highest BCUT2D eigenvalue weighted by atomic mass is 32.2. The quantitative estimate of drug-likeness (QED) is 0.691. The lowest BCUT2D eigenvalue weighted by molar-refractivity contribution is -0.144. The van der Waals surface area contributed by atoms with Gasteiger partial charge in [-0.25, -0.2) is 4.98 Å². The van der Waals surface area contributed by atoms with Crippen LogP contribution in [-0.4, -0.2) is 36.9 Å². The summed E-state index contributed by atoms with van der Waals surface area (Å²) in [4.78, 5) is 19.6. The number of nitrogens with zero attached hydrogens (tertiary/aromatic N) is 4. The molecule has 0 aliphatic rings. The maximum absolute atomic E-state index is 12.5. The van der Waals surface area contributed by atoms with Crippen LogP contribution in [0.15, 0.2) is 41.8 Å². The van der Waals surface area contributed by atoms with Crippen molar-refractivity contribution in [3.63, 3.8) is 0 Å². The number of benzene rings is 1. The maximum atomic E-state index is 12.5. The largest absolute Gasteiger partial charge is 0.451 e. The first-order chi connectivity index (χ1) is 11.9. The van der Waals surface area contributed by atoms with Gasteiger partial charge in [-0.1, -0.05) is 17.8 Å². The van der Waals surface area contributed by atoms with Crippen LogP contribution in [0.2, 0.25) is 0 Å². The van der Waals surface area contributed by atoms with Crippen molar-refractivity contribution in [1.29, 1.82) is 0 Å². The maximum Gasteiger partial charge on any atom is 0.451 e. The van der Waals surface area contributed by atoms with Gasteiger partial charge in [0, 0.05) is 23.6 Å². The van der Waals surface area contributed by atoms with Gasteiger partial charge in [0.25, 0.3) is 5.91 Å². The molecule has 0 unspecified atom stereocenters. The van der Waals surface area contributed by atoms with Crippen molar-refractivity contribution in [2.75, 3.05) is 11.6 Å². The Labute approximate surface area is 143 Å². The number of halogens is 3. The Hall–Kier alpha value is -2.82. The molecule has 11 heteroatoms. The van der Waals surface area contributed by atoms with Crippen LogP contribution in [0.3, 0.4) is 0 Å². The second-order valence-electron chi connectivity index (χ2n) is 4.79. The number of aromatic amines is 1. The van der Waals surface area contributed by atoms with Gasteiger partial charge in [-0.15, -0.1) is 5.10 Å². The number of nitrogens with one attached hydrogen (secondary N) is 2. The Morgan fingerprint density at radius 2 is 2.16 bits per heavy atom. The van der Waals surface area contributed by atoms with E-state index in [1.165, 1.54) is 17.8 Å². The highest BCUT2D eigenvalue weighted by molar-refractivity contribution is 7.98. The molecule has 3 rings (SSSR count). The zero-order valence-corrected chi connectivity index (χ0v) is 13.5. The van der Waals surface area contributed by atoms with Gasteiger partial charge in [0.1, 0.15) is 0 Å². The summed E-state index contributed by atoms with van der Waals surface area (Å²) < 4.78 is 39.2. The Kier molecular flexibility index (Phi) is 4.49. The van der Waals surface area contributed by atoms with Crippen LogP contribution in [0.5, 0.6) is 0 Å². The number of anilines is 1. The van der Waals surface area contributed by atoms with Crippen molar-refractivity contribution in [3.8, 4) is 5.69 Å². The standard InChI is InChI=1S/C14H11F3N6OS/c1-25-13-18-5-6-23(13)9-4-2-3-8(7-9)10(24)19-12-20-11(21-22-12)14(15,16)17/h2-7H,1H3,(H2,19,20,21,22,24). The monoisotopic (exact) mass is 368 g/mol. The lowest BCUT2D eigenvalue weighted by Gasteiger charge is -2.08. The average Bonchev–Trinajstić information content (AvgIpc) is 3.23. The van der Waals surface area contributed by atoms with Crippen molar-refractivity contribution in [1.82, 2.24) is 24.7 Å². The van der Waals surface area contributed by atoms with Crippen LogP contribution in [-0.2, 0) is 6.18 Å². The highest BCUT2D eigenvalue weighted by Gasteiger charge is 2.35.